The predicted molar refractivity (Wildman–Crippen MR) is 102 cm³/mol. The third-order valence-electron chi connectivity index (χ3n) is 3.55. The van der Waals surface area contributed by atoms with Gasteiger partial charge in [-0.15, -0.1) is 0 Å². The van der Waals surface area contributed by atoms with E-state index < -0.39 is 11.9 Å². The summed E-state index contributed by atoms with van der Waals surface area (Å²) in [5.74, 6) is -3.16. The van der Waals surface area contributed by atoms with Crippen LogP contribution < -0.4 is 10.5 Å². The minimum Gasteiger partial charge on any atom is -0.495 e. The summed E-state index contributed by atoms with van der Waals surface area (Å²) in [6.45, 7) is 5.05. The monoisotopic (exact) mass is 402 g/mol. The Labute approximate surface area is 163 Å². The molecular weight excluding hydrogens is 376 g/mol. The van der Waals surface area contributed by atoms with Crippen LogP contribution in [-0.4, -0.2) is 59.7 Å². The van der Waals surface area contributed by atoms with E-state index in [0.717, 1.165) is 38.9 Å². The fourth-order valence-electron chi connectivity index (χ4n) is 2.28. The smallest absolute Gasteiger partial charge is 0.414 e. The average molecular weight is 403 g/mol. The minimum atomic E-state index is -1.82. The molecule has 4 N–H and O–H groups in total. The molecule has 0 aliphatic rings. The first-order valence-corrected chi connectivity index (χ1v) is 8.88. The Morgan fingerprint density at radius 3 is 2.26 bits per heavy atom. The number of hydrogen-bond donors (Lipinski definition) is 3. The summed E-state index contributed by atoms with van der Waals surface area (Å²) < 4.78 is 5.23. The van der Waals surface area contributed by atoms with Gasteiger partial charge in [-0.2, -0.15) is 0 Å². The van der Waals surface area contributed by atoms with Gasteiger partial charge in [-0.3, -0.25) is 4.79 Å². The molecule has 0 atom stereocenters. The number of carboxylic acids is 2. The summed E-state index contributed by atoms with van der Waals surface area (Å²) in [5.41, 5.74) is 6.38. The minimum absolute atomic E-state index is 0.228. The van der Waals surface area contributed by atoms with Crippen LogP contribution in [0.15, 0.2) is 18.2 Å². The maximum atomic E-state index is 10.8. The molecule has 27 heavy (non-hydrogen) atoms. The van der Waals surface area contributed by atoms with Crippen LogP contribution in [0.1, 0.15) is 31.7 Å². The van der Waals surface area contributed by atoms with E-state index >= 15 is 0 Å². The zero-order chi connectivity index (χ0) is 20.8. The van der Waals surface area contributed by atoms with Crippen molar-refractivity contribution in [2.75, 3.05) is 26.7 Å². The molecule has 8 nitrogen and oxygen atoms in total. The number of nitrogens with two attached hydrogens (primary N) is 1. The van der Waals surface area contributed by atoms with E-state index in [9.17, 15) is 4.79 Å². The van der Waals surface area contributed by atoms with Gasteiger partial charge in [0.15, 0.2) is 0 Å². The second-order valence-electron chi connectivity index (χ2n) is 5.74. The van der Waals surface area contributed by atoms with Crippen LogP contribution in [-0.2, 0) is 20.8 Å². The molecule has 0 aliphatic carbocycles. The van der Waals surface area contributed by atoms with Gasteiger partial charge in [0.2, 0.25) is 5.91 Å². The summed E-state index contributed by atoms with van der Waals surface area (Å²) >= 11 is 6.03. The number of carboxylic acid groups (broad SMARTS) is 2. The van der Waals surface area contributed by atoms with Gasteiger partial charge in [0.25, 0.3) is 0 Å². The van der Waals surface area contributed by atoms with Crippen molar-refractivity contribution in [1.82, 2.24) is 4.90 Å². The van der Waals surface area contributed by atoms with Gasteiger partial charge in [0, 0.05) is 13.0 Å². The Morgan fingerprint density at radius 2 is 1.78 bits per heavy atom. The van der Waals surface area contributed by atoms with Crippen LogP contribution in [0, 0.1) is 0 Å². The number of amides is 1. The van der Waals surface area contributed by atoms with Crippen molar-refractivity contribution < 1.29 is 29.3 Å². The Balaban J connectivity index is 0.000000972. The van der Waals surface area contributed by atoms with Crippen molar-refractivity contribution in [3.63, 3.8) is 0 Å². The zero-order valence-corrected chi connectivity index (χ0v) is 16.4. The molecular formula is C18H27ClN2O6. The van der Waals surface area contributed by atoms with E-state index in [2.05, 4.69) is 11.8 Å². The summed E-state index contributed by atoms with van der Waals surface area (Å²) in [7, 11) is 1.62. The highest BCUT2D eigenvalue weighted by Crippen LogP contribution is 2.25. The largest absolute Gasteiger partial charge is 0.495 e. The topological polar surface area (TPSA) is 130 Å². The number of methoxy groups -OCH3 is 1. The maximum absolute atomic E-state index is 10.8. The van der Waals surface area contributed by atoms with E-state index in [0.29, 0.717) is 17.2 Å². The van der Waals surface area contributed by atoms with Gasteiger partial charge < -0.3 is 25.6 Å². The molecule has 0 aromatic heterocycles. The van der Waals surface area contributed by atoms with Crippen molar-refractivity contribution in [3.8, 4) is 5.75 Å². The third-order valence-corrected chi connectivity index (χ3v) is 3.86. The van der Waals surface area contributed by atoms with E-state index in [-0.39, 0.29) is 5.91 Å². The van der Waals surface area contributed by atoms with Crippen LogP contribution in [0.5, 0.6) is 5.75 Å². The second kappa shape index (κ2) is 13.8. The van der Waals surface area contributed by atoms with Crippen LogP contribution in [0.4, 0.5) is 0 Å². The number of benzene rings is 1. The first-order valence-electron chi connectivity index (χ1n) is 8.50. The molecule has 0 fully saturated rings. The van der Waals surface area contributed by atoms with Gasteiger partial charge in [0.1, 0.15) is 5.75 Å². The molecule has 1 aromatic carbocycles. The number of carbonyl (C=O) groups is 3. The lowest BCUT2D eigenvalue weighted by molar-refractivity contribution is -0.159. The highest BCUT2D eigenvalue weighted by Gasteiger charge is 2.07. The summed E-state index contributed by atoms with van der Waals surface area (Å²) in [6.07, 6.45) is 3.30. The van der Waals surface area contributed by atoms with E-state index in [1.165, 1.54) is 5.56 Å². The Bertz CT molecular complexity index is 612. The molecule has 0 radical (unpaired) electrons. The number of hydrogen-bond acceptors (Lipinski definition) is 5. The van der Waals surface area contributed by atoms with Crippen LogP contribution in [0.3, 0.4) is 0 Å². The molecule has 1 aromatic rings. The zero-order valence-electron chi connectivity index (χ0n) is 15.6. The van der Waals surface area contributed by atoms with Crippen LogP contribution in [0.2, 0.25) is 5.02 Å². The van der Waals surface area contributed by atoms with Crippen molar-refractivity contribution in [2.24, 2.45) is 5.73 Å². The summed E-state index contributed by atoms with van der Waals surface area (Å²) in [6, 6.07) is 5.88. The highest BCUT2D eigenvalue weighted by molar-refractivity contribution is 6.32. The fraction of sp³-hybridized carbons (Fsp3) is 0.500. The Hall–Kier alpha value is -2.32. The molecule has 0 bridgehead atoms. The first kappa shape index (κ1) is 24.7. The Morgan fingerprint density at radius 1 is 1.15 bits per heavy atom. The van der Waals surface area contributed by atoms with Crippen molar-refractivity contribution in [2.45, 2.75) is 32.6 Å². The number of primary amides is 1. The summed E-state index contributed by atoms with van der Waals surface area (Å²) in [4.78, 5) is 31.4. The van der Waals surface area contributed by atoms with Gasteiger partial charge in [-0.1, -0.05) is 24.6 Å². The summed E-state index contributed by atoms with van der Waals surface area (Å²) in [5, 5.41) is 15.4. The van der Waals surface area contributed by atoms with Gasteiger partial charge in [-0.05, 0) is 50.0 Å². The first-order chi connectivity index (χ1) is 12.7. The number of aliphatic carboxylic acids is 2. The highest BCUT2D eigenvalue weighted by atomic mass is 35.5. The van der Waals surface area contributed by atoms with Crippen LogP contribution >= 0.6 is 11.6 Å². The molecule has 152 valence electrons. The van der Waals surface area contributed by atoms with E-state index in [1.54, 1.807) is 7.11 Å². The van der Waals surface area contributed by atoms with Gasteiger partial charge in [-0.25, -0.2) is 9.59 Å². The maximum Gasteiger partial charge on any atom is 0.414 e. The molecule has 9 heteroatoms. The number of halogens is 1. The third kappa shape index (κ3) is 11.8. The Kier molecular flexibility index (Phi) is 12.6. The molecule has 0 saturated carbocycles. The standard InChI is InChI=1S/C16H25ClN2O2.C2H2O4/c1-3-9-19(10-4-5-16(18)20)11-8-13-6-7-14(17)15(12-13)21-2;3-1(4)2(5)6/h6-7,12H,3-5,8-11H2,1-2H3,(H2,18,20);(H,3,4)(H,5,6). The number of nitrogens with zero attached hydrogens (tertiary/aromatic N) is 1. The molecule has 1 rings (SSSR count). The number of rotatable bonds is 10. The fourth-order valence-corrected chi connectivity index (χ4v) is 2.47. The lowest BCUT2D eigenvalue weighted by Crippen LogP contribution is -2.29. The quantitative estimate of drug-likeness (QED) is 0.510. The van der Waals surface area contributed by atoms with Gasteiger partial charge >= 0.3 is 11.9 Å². The molecule has 0 heterocycles. The van der Waals surface area contributed by atoms with Crippen LogP contribution in [0.25, 0.3) is 0 Å². The van der Waals surface area contributed by atoms with Crippen molar-refractivity contribution in [1.29, 1.82) is 0 Å². The second-order valence-corrected chi connectivity index (χ2v) is 6.15. The average Bonchev–Trinajstić information content (AvgIpc) is 2.60. The normalized spacial score (nSPS) is 10.1. The number of carbonyl (C=O) groups excluding carboxylic acids is 1. The van der Waals surface area contributed by atoms with E-state index in [1.807, 2.05) is 18.2 Å². The molecule has 0 spiro atoms. The molecule has 0 aliphatic heterocycles. The number of ether oxygens (including phenoxy) is 1. The van der Waals surface area contributed by atoms with Crippen molar-refractivity contribution in [3.05, 3.63) is 28.8 Å². The molecule has 1 amide bonds. The molecule has 0 unspecified atom stereocenters. The van der Waals surface area contributed by atoms with Crippen molar-refractivity contribution >= 4 is 29.4 Å². The SMILES string of the molecule is CCCN(CCCC(N)=O)CCc1ccc(Cl)c(OC)c1.O=C(O)C(=O)O. The predicted octanol–water partition coefficient (Wildman–Crippen LogP) is 2.02. The lowest BCUT2D eigenvalue weighted by Gasteiger charge is -2.21. The molecule has 0 saturated heterocycles. The lowest BCUT2D eigenvalue weighted by atomic mass is 10.1. The van der Waals surface area contributed by atoms with Gasteiger partial charge in [0.05, 0.1) is 12.1 Å². The van der Waals surface area contributed by atoms with E-state index in [4.69, 9.17) is 41.9 Å².